The highest BCUT2D eigenvalue weighted by molar-refractivity contribution is 14.1. The summed E-state index contributed by atoms with van der Waals surface area (Å²) in [6.45, 7) is 9.11. The molecular formula is C14H19IO2. The van der Waals surface area contributed by atoms with Crippen molar-refractivity contribution in [2.45, 2.75) is 39.5 Å². The van der Waals surface area contributed by atoms with Gasteiger partial charge in [0.2, 0.25) is 0 Å². The van der Waals surface area contributed by atoms with Crippen LogP contribution in [-0.4, -0.2) is 12.9 Å². The second-order valence-electron chi connectivity index (χ2n) is 5.09. The molecule has 0 heterocycles. The molecule has 0 aliphatic heterocycles. The van der Waals surface area contributed by atoms with Gasteiger partial charge in [-0.3, -0.25) is 4.79 Å². The maximum Gasteiger partial charge on any atom is 0.153 e. The van der Waals surface area contributed by atoms with Gasteiger partial charge >= 0.3 is 0 Å². The predicted octanol–water partition coefficient (Wildman–Crippen LogP) is 4.19. The standard InChI is InChI=1S/C14H19IO2/c1-5-6-17-13-10(9-16)7-11(8-12(13)15)14(2,3)4/h7-9H,5-6H2,1-4H3. The smallest absolute Gasteiger partial charge is 0.153 e. The predicted molar refractivity (Wildman–Crippen MR) is 79.0 cm³/mol. The third kappa shape index (κ3) is 3.69. The minimum Gasteiger partial charge on any atom is -0.492 e. The fraction of sp³-hybridized carbons (Fsp3) is 0.500. The first kappa shape index (κ1) is 14.5. The second-order valence-corrected chi connectivity index (χ2v) is 6.25. The van der Waals surface area contributed by atoms with E-state index in [1.165, 1.54) is 0 Å². The summed E-state index contributed by atoms with van der Waals surface area (Å²) in [6, 6.07) is 4.03. The lowest BCUT2D eigenvalue weighted by molar-refractivity contribution is 0.111. The fourth-order valence-electron chi connectivity index (χ4n) is 1.49. The van der Waals surface area contributed by atoms with Crippen LogP contribution in [0, 0.1) is 3.57 Å². The molecule has 2 nitrogen and oxygen atoms in total. The lowest BCUT2D eigenvalue weighted by Gasteiger charge is -2.21. The molecule has 0 amide bonds. The Labute approximate surface area is 117 Å². The van der Waals surface area contributed by atoms with Gasteiger partial charge < -0.3 is 4.74 Å². The van der Waals surface area contributed by atoms with Crippen molar-refractivity contribution in [1.82, 2.24) is 0 Å². The van der Waals surface area contributed by atoms with Crippen LogP contribution in [0.25, 0.3) is 0 Å². The molecule has 94 valence electrons. The Bertz CT molecular complexity index is 405. The lowest BCUT2D eigenvalue weighted by atomic mass is 9.86. The molecule has 0 aliphatic carbocycles. The van der Waals surface area contributed by atoms with Gasteiger partial charge in [-0.1, -0.05) is 27.7 Å². The van der Waals surface area contributed by atoms with Crippen LogP contribution in [0.1, 0.15) is 50.0 Å². The van der Waals surface area contributed by atoms with Crippen LogP contribution in [0.15, 0.2) is 12.1 Å². The summed E-state index contributed by atoms with van der Waals surface area (Å²) in [7, 11) is 0. The molecule has 0 saturated carbocycles. The van der Waals surface area contributed by atoms with Crippen LogP contribution >= 0.6 is 22.6 Å². The van der Waals surface area contributed by atoms with Crippen molar-refractivity contribution in [3.05, 3.63) is 26.8 Å². The summed E-state index contributed by atoms with van der Waals surface area (Å²) in [4.78, 5) is 11.1. The maximum absolute atomic E-state index is 11.1. The quantitative estimate of drug-likeness (QED) is 0.604. The van der Waals surface area contributed by atoms with Crippen LogP contribution in [0.5, 0.6) is 5.75 Å². The van der Waals surface area contributed by atoms with E-state index < -0.39 is 0 Å². The van der Waals surface area contributed by atoms with E-state index >= 15 is 0 Å². The van der Waals surface area contributed by atoms with Gasteiger partial charge in [0.25, 0.3) is 0 Å². The zero-order valence-corrected chi connectivity index (χ0v) is 13.0. The summed E-state index contributed by atoms with van der Waals surface area (Å²) in [5.41, 5.74) is 1.85. The third-order valence-electron chi connectivity index (χ3n) is 2.52. The van der Waals surface area contributed by atoms with Gasteiger partial charge in [0.15, 0.2) is 6.29 Å². The molecule has 0 spiro atoms. The third-order valence-corrected chi connectivity index (χ3v) is 3.32. The molecule has 0 saturated heterocycles. The topological polar surface area (TPSA) is 26.3 Å². The number of hydrogen-bond acceptors (Lipinski definition) is 2. The SMILES string of the molecule is CCCOc1c(I)cc(C(C)(C)C)cc1C=O. The number of rotatable bonds is 4. The van der Waals surface area contributed by atoms with E-state index in [4.69, 9.17) is 4.74 Å². The molecule has 17 heavy (non-hydrogen) atoms. The summed E-state index contributed by atoms with van der Waals surface area (Å²) in [5.74, 6) is 0.718. The maximum atomic E-state index is 11.1. The van der Waals surface area contributed by atoms with Crippen LogP contribution < -0.4 is 4.74 Å². The Hall–Kier alpha value is -0.580. The average Bonchev–Trinajstić information content (AvgIpc) is 2.25. The van der Waals surface area contributed by atoms with E-state index in [-0.39, 0.29) is 5.41 Å². The molecule has 0 aliphatic rings. The number of halogens is 1. The Morgan fingerprint density at radius 2 is 2.00 bits per heavy atom. The van der Waals surface area contributed by atoms with Gasteiger partial charge in [-0.25, -0.2) is 0 Å². The van der Waals surface area contributed by atoms with E-state index in [1.54, 1.807) is 0 Å². The van der Waals surface area contributed by atoms with Gasteiger partial charge in [0.05, 0.1) is 15.7 Å². The summed E-state index contributed by atoms with van der Waals surface area (Å²) < 4.78 is 6.64. The zero-order chi connectivity index (χ0) is 13.1. The first-order valence-corrected chi connectivity index (χ1v) is 6.90. The van der Waals surface area contributed by atoms with Gasteiger partial charge in [-0.15, -0.1) is 0 Å². The minimum absolute atomic E-state index is 0.0426. The van der Waals surface area contributed by atoms with Crippen molar-refractivity contribution in [3.8, 4) is 5.75 Å². The molecule has 0 radical (unpaired) electrons. The number of hydrogen-bond donors (Lipinski definition) is 0. The molecule has 1 aromatic carbocycles. The van der Waals surface area contributed by atoms with Crippen LogP contribution in [0.2, 0.25) is 0 Å². The van der Waals surface area contributed by atoms with Crippen molar-refractivity contribution in [2.24, 2.45) is 0 Å². The fourth-order valence-corrected chi connectivity index (χ4v) is 2.29. The largest absolute Gasteiger partial charge is 0.492 e. The molecule has 0 bridgehead atoms. The van der Waals surface area contributed by atoms with E-state index in [9.17, 15) is 4.79 Å². The number of carbonyl (C=O) groups is 1. The van der Waals surface area contributed by atoms with Gasteiger partial charge in [0, 0.05) is 0 Å². The molecule has 0 aromatic heterocycles. The first-order valence-electron chi connectivity index (χ1n) is 5.82. The number of aldehydes is 1. The van der Waals surface area contributed by atoms with E-state index in [0.717, 1.165) is 27.6 Å². The Kier molecular flexibility index (Phi) is 4.98. The molecule has 1 aromatic rings. The van der Waals surface area contributed by atoms with Gasteiger partial charge in [0.1, 0.15) is 5.75 Å². The van der Waals surface area contributed by atoms with E-state index in [1.807, 2.05) is 6.07 Å². The van der Waals surface area contributed by atoms with Crippen molar-refractivity contribution in [2.75, 3.05) is 6.61 Å². The molecule has 1 rings (SSSR count). The second kappa shape index (κ2) is 5.85. The van der Waals surface area contributed by atoms with Crippen molar-refractivity contribution < 1.29 is 9.53 Å². The van der Waals surface area contributed by atoms with E-state index in [0.29, 0.717) is 12.2 Å². The van der Waals surface area contributed by atoms with Crippen molar-refractivity contribution >= 4 is 28.9 Å². The van der Waals surface area contributed by atoms with Crippen LogP contribution in [0.3, 0.4) is 0 Å². The molecule has 0 atom stereocenters. The highest BCUT2D eigenvalue weighted by Gasteiger charge is 2.18. The van der Waals surface area contributed by atoms with Crippen LogP contribution in [0.4, 0.5) is 0 Å². The summed E-state index contributed by atoms with van der Waals surface area (Å²) >= 11 is 2.23. The van der Waals surface area contributed by atoms with Gasteiger partial charge in [-0.05, 0) is 52.1 Å². The molecule has 3 heteroatoms. The lowest BCUT2D eigenvalue weighted by Crippen LogP contribution is -2.13. The summed E-state index contributed by atoms with van der Waals surface area (Å²) in [6.07, 6.45) is 1.82. The highest BCUT2D eigenvalue weighted by atomic mass is 127. The minimum atomic E-state index is 0.0426. The van der Waals surface area contributed by atoms with E-state index in [2.05, 4.69) is 56.4 Å². The summed E-state index contributed by atoms with van der Waals surface area (Å²) in [5, 5.41) is 0. The monoisotopic (exact) mass is 346 g/mol. The average molecular weight is 346 g/mol. The first-order chi connectivity index (χ1) is 7.90. The Balaban J connectivity index is 3.21. The normalized spacial score (nSPS) is 11.4. The number of benzene rings is 1. The molecule has 0 unspecified atom stereocenters. The number of carbonyl (C=O) groups excluding carboxylic acids is 1. The Morgan fingerprint density at radius 1 is 1.35 bits per heavy atom. The van der Waals surface area contributed by atoms with Gasteiger partial charge in [-0.2, -0.15) is 0 Å². The molecule has 0 N–H and O–H groups in total. The highest BCUT2D eigenvalue weighted by Crippen LogP contribution is 2.32. The zero-order valence-electron chi connectivity index (χ0n) is 10.8. The van der Waals surface area contributed by atoms with Crippen molar-refractivity contribution in [3.63, 3.8) is 0 Å². The van der Waals surface area contributed by atoms with Crippen molar-refractivity contribution in [1.29, 1.82) is 0 Å². The number of ether oxygens (including phenoxy) is 1. The van der Waals surface area contributed by atoms with Crippen LogP contribution in [-0.2, 0) is 5.41 Å². The molecular weight excluding hydrogens is 327 g/mol. The Morgan fingerprint density at radius 3 is 2.47 bits per heavy atom. The molecule has 0 fully saturated rings.